The molecule has 0 bridgehead atoms. The molecule has 0 saturated heterocycles. The Kier molecular flexibility index (Phi) is 9.66. The minimum absolute atomic E-state index is 0.244. The van der Waals surface area contributed by atoms with E-state index in [4.69, 9.17) is 14.2 Å². The van der Waals surface area contributed by atoms with Gasteiger partial charge < -0.3 is 44.4 Å². The van der Waals surface area contributed by atoms with Crippen LogP contribution in [0.2, 0.25) is 0 Å². The highest BCUT2D eigenvalue weighted by atomic mass is 16.5. The molecule has 0 aliphatic rings. The first-order valence-corrected chi connectivity index (χ1v) is 12.2. The molecule has 39 heavy (non-hydrogen) atoms. The summed E-state index contributed by atoms with van der Waals surface area (Å²) in [5.41, 5.74) is 3.67. The van der Waals surface area contributed by atoms with Gasteiger partial charge in [0, 0.05) is 0 Å². The van der Waals surface area contributed by atoms with Crippen LogP contribution in [0.4, 0.5) is 0 Å². The Morgan fingerprint density at radius 2 is 0.615 bits per heavy atom. The van der Waals surface area contributed by atoms with Crippen molar-refractivity contribution >= 4 is 37.7 Å². The van der Waals surface area contributed by atoms with Crippen molar-refractivity contribution in [3.05, 3.63) is 108 Å². The maximum atomic E-state index is 9.27. The Morgan fingerprint density at radius 3 is 0.821 bits per heavy atom. The van der Waals surface area contributed by atoms with Gasteiger partial charge in [-0.05, 0) is 87.7 Å². The molecule has 0 spiro atoms. The van der Waals surface area contributed by atoms with Crippen LogP contribution in [-0.2, 0) is 19.8 Å². The first kappa shape index (κ1) is 28.2. The van der Waals surface area contributed by atoms with Crippen LogP contribution < -0.4 is 30.6 Å². The van der Waals surface area contributed by atoms with Gasteiger partial charge in [-0.2, -0.15) is 0 Å². The molecule has 6 N–H and O–H groups in total. The molecule has 0 radical (unpaired) electrons. The van der Waals surface area contributed by atoms with Crippen LogP contribution in [0.3, 0.4) is 0 Å². The van der Waals surface area contributed by atoms with Gasteiger partial charge in [0.2, 0.25) is 0 Å². The Labute approximate surface area is 226 Å². The Morgan fingerprint density at radius 1 is 0.385 bits per heavy atom. The first-order valence-electron chi connectivity index (χ1n) is 12.2. The van der Waals surface area contributed by atoms with E-state index < -0.39 is 21.4 Å². The minimum atomic E-state index is -1.55. The molecule has 0 aliphatic carbocycles. The van der Waals surface area contributed by atoms with Crippen molar-refractivity contribution in [1.82, 2.24) is 0 Å². The van der Waals surface area contributed by atoms with E-state index in [0.29, 0.717) is 33.6 Å². The molecule has 9 nitrogen and oxygen atoms in total. The van der Waals surface area contributed by atoms with Crippen LogP contribution >= 0.6 is 0 Å². The summed E-state index contributed by atoms with van der Waals surface area (Å²) >= 11 is 0. The molecule has 0 amide bonds. The van der Waals surface area contributed by atoms with Crippen molar-refractivity contribution < 1.29 is 44.4 Å². The van der Waals surface area contributed by atoms with Gasteiger partial charge in [0.05, 0.1) is 0 Å². The average molecular weight is 528 g/mol. The fourth-order valence-corrected chi connectivity index (χ4v) is 3.80. The summed E-state index contributed by atoms with van der Waals surface area (Å²) < 4.78 is 17.7. The third-order valence-electron chi connectivity index (χ3n) is 5.86. The maximum absolute atomic E-state index is 9.27. The second kappa shape index (κ2) is 13.3. The van der Waals surface area contributed by atoms with E-state index in [9.17, 15) is 30.1 Å². The smallest absolute Gasteiger partial charge is 0.488 e. The van der Waals surface area contributed by atoms with E-state index in [1.54, 1.807) is 72.8 Å². The van der Waals surface area contributed by atoms with E-state index >= 15 is 0 Å². The molecule has 4 aromatic rings. The summed E-state index contributed by atoms with van der Waals surface area (Å²) in [6.45, 7) is 0.732. The lowest BCUT2D eigenvalue weighted by atomic mass is 9.80. The molecule has 0 aromatic heterocycles. The van der Waals surface area contributed by atoms with Crippen molar-refractivity contribution in [2.24, 2.45) is 0 Å². The summed E-state index contributed by atoms with van der Waals surface area (Å²) in [6.07, 6.45) is 0. The Balaban J connectivity index is 1.47. The van der Waals surface area contributed by atoms with Gasteiger partial charge in [-0.15, -0.1) is 0 Å². The number of rotatable bonds is 12. The predicted molar refractivity (Wildman–Crippen MR) is 148 cm³/mol. The fourth-order valence-electron chi connectivity index (χ4n) is 3.80. The third-order valence-corrected chi connectivity index (χ3v) is 5.86. The average Bonchev–Trinajstić information content (AvgIpc) is 2.94. The molecule has 0 atom stereocenters. The van der Waals surface area contributed by atoms with Crippen LogP contribution in [0.1, 0.15) is 16.7 Å². The third kappa shape index (κ3) is 8.36. The van der Waals surface area contributed by atoms with Gasteiger partial charge in [0.25, 0.3) is 0 Å². The molecule has 0 heterocycles. The van der Waals surface area contributed by atoms with Crippen molar-refractivity contribution in [1.29, 1.82) is 0 Å². The number of hydrogen-bond acceptors (Lipinski definition) is 9. The normalized spacial score (nSPS) is 10.6. The zero-order valence-corrected chi connectivity index (χ0v) is 20.9. The van der Waals surface area contributed by atoms with E-state index in [-0.39, 0.29) is 19.8 Å². The summed E-state index contributed by atoms with van der Waals surface area (Å²) in [6, 6.07) is 25.2. The standard InChI is InChI=1S/C27H27B3O9/c31-28(32)22-1-7-25(8-2-22)37-16-19-13-20(17-38-26-9-3-23(4-10-26)29(33)34)15-21(14-19)18-39-27-11-5-24(6-12-27)30(35)36/h1-15,31-36H,16-18H2. The monoisotopic (exact) mass is 528 g/mol. The first-order chi connectivity index (χ1) is 18.8. The van der Waals surface area contributed by atoms with Crippen LogP contribution in [-0.4, -0.2) is 51.5 Å². The summed E-state index contributed by atoms with van der Waals surface area (Å²) in [7, 11) is -4.64. The summed E-state index contributed by atoms with van der Waals surface area (Å²) in [4.78, 5) is 0. The van der Waals surface area contributed by atoms with Crippen molar-refractivity contribution in [2.75, 3.05) is 0 Å². The van der Waals surface area contributed by atoms with Crippen LogP contribution in [0, 0.1) is 0 Å². The second-order valence-electron chi connectivity index (χ2n) is 8.85. The SMILES string of the molecule is OB(O)c1ccc(OCc2cc(COc3ccc(B(O)O)cc3)cc(COc3ccc(B(O)O)cc3)c2)cc1. The van der Waals surface area contributed by atoms with E-state index in [0.717, 1.165) is 16.7 Å². The molecular weight excluding hydrogens is 501 g/mol. The maximum Gasteiger partial charge on any atom is 0.488 e. The largest absolute Gasteiger partial charge is 0.489 e. The lowest BCUT2D eigenvalue weighted by Gasteiger charge is -2.14. The highest BCUT2D eigenvalue weighted by Gasteiger charge is 2.13. The van der Waals surface area contributed by atoms with Crippen LogP contribution in [0.15, 0.2) is 91.0 Å². The van der Waals surface area contributed by atoms with Crippen molar-refractivity contribution in [2.45, 2.75) is 19.8 Å². The van der Waals surface area contributed by atoms with Crippen LogP contribution in [0.25, 0.3) is 0 Å². The highest BCUT2D eigenvalue weighted by Crippen LogP contribution is 2.19. The summed E-state index contributed by atoms with van der Waals surface area (Å²) in [5, 5.41) is 55.6. The highest BCUT2D eigenvalue weighted by molar-refractivity contribution is 6.59. The molecular formula is C27H27B3O9. The van der Waals surface area contributed by atoms with E-state index in [2.05, 4.69) is 0 Å². The van der Waals surface area contributed by atoms with Crippen molar-refractivity contribution in [3.8, 4) is 17.2 Å². The topological polar surface area (TPSA) is 149 Å². The van der Waals surface area contributed by atoms with Gasteiger partial charge in [0.1, 0.15) is 37.1 Å². The lowest BCUT2D eigenvalue weighted by molar-refractivity contribution is 0.293. The minimum Gasteiger partial charge on any atom is -0.489 e. The van der Waals surface area contributed by atoms with Gasteiger partial charge in [-0.1, -0.05) is 36.4 Å². The van der Waals surface area contributed by atoms with Gasteiger partial charge >= 0.3 is 21.4 Å². The molecule has 4 aromatic carbocycles. The molecule has 0 fully saturated rings. The second-order valence-corrected chi connectivity index (χ2v) is 8.85. The lowest BCUT2D eigenvalue weighted by Crippen LogP contribution is -2.29. The van der Waals surface area contributed by atoms with E-state index in [1.165, 1.54) is 0 Å². The molecule has 4 rings (SSSR count). The number of hydrogen-bond donors (Lipinski definition) is 6. The van der Waals surface area contributed by atoms with Gasteiger partial charge in [-0.3, -0.25) is 0 Å². The summed E-state index contributed by atoms with van der Waals surface area (Å²) in [5.74, 6) is 1.70. The van der Waals surface area contributed by atoms with Crippen LogP contribution in [0.5, 0.6) is 17.2 Å². The Bertz CT molecular complexity index is 1150. The van der Waals surface area contributed by atoms with Gasteiger partial charge in [0.15, 0.2) is 0 Å². The number of ether oxygens (including phenoxy) is 3. The Hall–Kier alpha value is -3.77. The van der Waals surface area contributed by atoms with Gasteiger partial charge in [-0.25, -0.2) is 0 Å². The predicted octanol–water partition coefficient (Wildman–Crippen LogP) is -0.537. The number of benzene rings is 4. The molecule has 0 unspecified atom stereocenters. The quantitative estimate of drug-likeness (QED) is 0.134. The zero-order chi connectivity index (χ0) is 27.8. The molecule has 0 saturated carbocycles. The fraction of sp³-hybridized carbons (Fsp3) is 0.111. The molecule has 0 aliphatic heterocycles. The van der Waals surface area contributed by atoms with E-state index in [1.807, 2.05) is 18.2 Å². The molecule has 12 heteroatoms. The zero-order valence-electron chi connectivity index (χ0n) is 20.9. The van der Waals surface area contributed by atoms with Crippen molar-refractivity contribution in [3.63, 3.8) is 0 Å². The molecule has 198 valence electrons.